The second kappa shape index (κ2) is 4.57. The van der Waals surface area contributed by atoms with Gasteiger partial charge in [0.15, 0.2) is 5.78 Å². The first-order valence-corrected chi connectivity index (χ1v) is 5.76. The van der Waals surface area contributed by atoms with Crippen molar-refractivity contribution in [2.75, 3.05) is 12.3 Å². The zero-order valence-electron chi connectivity index (χ0n) is 9.79. The number of nitrogen functional groups attached to an aromatic ring is 1. The van der Waals surface area contributed by atoms with Gasteiger partial charge >= 0.3 is 5.97 Å². The molecule has 90 valence electrons. The molecule has 0 aliphatic heterocycles. The van der Waals surface area contributed by atoms with Crippen molar-refractivity contribution in [3.05, 3.63) is 28.8 Å². The third-order valence-electron chi connectivity index (χ3n) is 2.96. The van der Waals surface area contributed by atoms with Gasteiger partial charge < -0.3 is 10.5 Å². The van der Waals surface area contributed by atoms with E-state index >= 15 is 0 Å². The first-order valence-electron chi connectivity index (χ1n) is 5.76. The third kappa shape index (κ3) is 2.02. The summed E-state index contributed by atoms with van der Waals surface area (Å²) in [6.45, 7) is 2.05. The summed E-state index contributed by atoms with van der Waals surface area (Å²) in [6, 6.07) is 3.31. The molecular weight excluding hydrogens is 218 g/mol. The van der Waals surface area contributed by atoms with Crippen molar-refractivity contribution in [2.45, 2.75) is 26.2 Å². The highest BCUT2D eigenvalue weighted by Gasteiger charge is 2.25. The van der Waals surface area contributed by atoms with Crippen LogP contribution < -0.4 is 5.73 Å². The van der Waals surface area contributed by atoms with Crippen LogP contribution in [0.3, 0.4) is 0 Å². The van der Waals surface area contributed by atoms with Crippen LogP contribution in [0.2, 0.25) is 0 Å². The van der Waals surface area contributed by atoms with E-state index in [-0.39, 0.29) is 5.78 Å². The number of fused-ring (bicyclic) bond motifs is 1. The van der Waals surface area contributed by atoms with Crippen LogP contribution in [0.25, 0.3) is 0 Å². The van der Waals surface area contributed by atoms with E-state index in [1.807, 2.05) is 0 Å². The van der Waals surface area contributed by atoms with Crippen LogP contribution in [0.1, 0.15) is 46.0 Å². The Morgan fingerprint density at radius 2 is 2.18 bits per heavy atom. The van der Waals surface area contributed by atoms with Gasteiger partial charge in [-0.05, 0) is 37.5 Å². The molecular formula is C13H15NO3. The molecule has 0 fully saturated rings. The first-order chi connectivity index (χ1) is 8.15. The molecule has 1 aromatic rings. The summed E-state index contributed by atoms with van der Waals surface area (Å²) in [7, 11) is 0. The second-order valence-electron chi connectivity index (χ2n) is 4.05. The SMILES string of the molecule is CCOC(=O)c1c(N)ccc2c1CCCC2=O. The molecule has 1 aliphatic carbocycles. The average Bonchev–Trinajstić information content (AvgIpc) is 2.29. The largest absolute Gasteiger partial charge is 0.462 e. The van der Waals surface area contributed by atoms with Crippen molar-refractivity contribution in [3.8, 4) is 0 Å². The summed E-state index contributed by atoms with van der Waals surface area (Å²) >= 11 is 0. The van der Waals surface area contributed by atoms with Gasteiger partial charge in [0.2, 0.25) is 0 Å². The molecule has 4 nitrogen and oxygen atoms in total. The number of ketones is 1. The van der Waals surface area contributed by atoms with Crippen molar-refractivity contribution in [1.29, 1.82) is 0 Å². The van der Waals surface area contributed by atoms with Gasteiger partial charge in [-0.15, -0.1) is 0 Å². The molecule has 0 heterocycles. The number of carbonyl (C=O) groups is 2. The molecule has 0 saturated carbocycles. The predicted molar refractivity (Wildman–Crippen MR) is 64.1 cm³/mol. The predicted octanol–water partition coefficient (Wildman–Crippen LogP) is 1.96. The van der Waals surface area contributed by atoms with Crippen LogP contribution in [0.4, 0.5) is 5.69 Å². The van der Waals surface area contributed by atoms with Crippen LogP contribution in [0.15, 0.2) is 12.1 Å². The van der Waals surface area contributed by atoms with Crippen molar-refractivity contribution in [2.24, 2.45) is 0 Å². The number of esters is 1. The fourth-order valence-electron chi connectivity index (χ4n) is 2.19. The molecule has 2 N–H and O–H groups in total. The molecule has 1 aliphatic rings. The summed E-state index contributed by atoms with van der Waals surface area (Å²) in [5, 5.41) is 0. The lowest BCUT2D eigenvalue weighted by Gasteiger charge is -2.19. The van der Waals surface area contributed by atoms with E-state index in [2.05, 4.69) is 0 Å². The van der Waals surface area contributed by atoms with Crippen LogP contribution in [-0.2, 0) is 11.2 Å². The molecule has 1 aromatic carbocycles. The molecule has 0 unspecified atom stereocenters. The number of Topliss-reactive ketones (excluding diaryl/α,β-unsaturated/α-hetero) is 1. The number of hydrogen-bond acceptors (Lipinski definition) is 4. The van der Waals surface area contributed by atoms with Gasteiger partial charge in [-0.2, -0.15) is 0 Å². The third-order valence-corrected chi connectivity index (χ3v) is 2.96. The van der Waals surface area contributed by atoms with E-state index in [4.69, 9.17) is 10.5 Å². The number of benzene rings is 1. The van der Waals surface area contributed by atoms with Gasteiger partial charge in [0, 0.05) is 17.7 Å². The van der Waals surface area contributed by atoms with E-state index in [0.29, 0.717) is 36.3 Å². The molecule has 0 bridgehead atoms. The molecule has 2 rings (SSSR count). The van der Waals surface area contributed by atoms with Crippen molar-refractivity contribution in [3.63, 3.8) is 0 Å². The fraction of sp³-hybridized carbons (Fsp3) is 0.385. The number of carbonyl (C=O) groups excluding carboxylic acids is 2. The highest BCUT2D eigenvalue weighted by molar-refractivity contribution is 6.05. The Balaban J connectivity index is 2.54. The molecule has 0 spiro atoms. The summed E-state index contributed by atoms with van der Waals surface area (Å²) < 4.78 is 4.98. The maximum atomic E-state index is 11.8. The minimum Gasteiger partial charge on any atom is -0.462 e. The highest BCUT2D eigenvalue weighted by atomic mass is 16.5. The standard InChI is InChI=1S/C13H15NO3/c1-2-17-13(16)12-9-4-3-5-11(15)8(9)6-7-10(12)14/h6-7H,2-5,14H2,1H3. The summed E-state index contributed by atoms with van der Waals surface area (Å²) in [6.07, 6.45) is 2.02. The van der Waals surface area contributed by atoms with Gasteiger partial charge in [-0.3, -0.25) is 4.79 Å². The molecule has 0 amide bonds. The maximum absolute atomic E-state index is 11.8. The Morgan fingerprint density at radius 1 is 1.41 bits per heavy atom. The van der Waals surface area contributed by atoms with E-state index < -0.39 is 5.97 Å². The zero-order chi connectivity index (χ0) is 12.4. The topological polar surface area (TPSA) is 69.4 Å². The lowest BCUT2D eigenvalue weighted by Crippen LogP contribution is -2.18. The van der Waals surface area contributed by atoms with Crippen LogP contribution >= 0.6 is 0 Å². The van der Waals surface area contributed by atoms with Crippen LogP contribution in [-0.4, -0.2) is 18.4 Å². The van der Waals surface area contributed by atoms with Crippen LogP contribution in [0.5, 0.6) is 0 Å². The Labute approximate surface area is 99.8 Å². The van der Waals surface area contributed by atoms with E-state index in [1.165, 1.54) is 0 Å². The monoisotopic (exact) mass is 233 g/mol. The Hall–Kier alpha value is -1.84. The molecule has 0 atom stereocenters. The van der Waals surface area contributed by atoms with E-state index in [1.54, 1.807) is 19.1 Å². The van der Waals surface area contributed by atoms with Gasteiger partial charge in [0.05, 0.1) is 12.2 Å². The quantitative estimate of drug-likeness (QED) is 0.626. The zero-order valence-corrected chi connectivity index (χ0v) is 9.79. The highest BCUT2D eigenvalue weighted by Crippen LogP contribution is 2.28. The summed E-state index contributed by atoms with van der Waals surface area (Å²) in [5.41, 5.74) is 7.94. The minimum atomic E-state index is -0.434. The normalized spacial score (nSPS) is 14.3. The molecule has 0 radical (unpaired) electrons. The Kier molecular flexibility index (Phi) is 3.13. The maximum Gasteiger partial charge on any atom is 0.340 e. The van der Waals surface area contributed by atoms with E-state index in [0.717, 1.165) is 12.0 Å². The smallest absolute Gasteiger partial charge is 0.340 e. The molecule has 0 aromatic heterocycles. The number of anilines is 1. The van der Waals surface area contributed by atoms with Gasteiger partial charge in [0.1, 0.15) is 0 Å². The Morgan fingerprint density at radius 3 is 2.88 bits per heavy atom. The lowest BCUT2D eigenvalue weighted by atomic mass is 9.86. The second-order valence-corrected chi connectivity index (χ2v) is 4.05. The number of hydrogen-bond donors (Lipinski definition) is 1. The Bertz CT molecular complexity index is 480. The van der Waals surface area contributed by atoms with Crippen molar-refractivity contribution >= 4 is 17.4 Å². The molecule has 17 heavy (non-hydrogen) atoms. The van der Waals surface area contributed by atoms with Crippen LogP contribution in [0, 0.1) is 0 Å². The van der Waals surface area contributed by atoms with Gasteiger partial charge in [-0.1, -0.05) is 0 Å². The van der Waals surface area contributed by atoms with Crippen molar-refractivity contribution in [1.82, 2.24) is 0 Å². The summed E-state index contributed by atoms with van der Waals surface area (Å²) in [5.74, 6) is -0.353. The average molecular weight is 233 g/mol. The minimum absolute atomic E-state index is 0.0804. The molecule has 0 saturated heterocycles. The van der Waals surface area contributed by atoms with Gasteiger partial charge in [0.25, 0.3) is 0 Å². The summed E-state index contributed by atoms with van der Waals surface area (Å²) in [4.78, 5) is 23.6. The van der Waals surface area contributed by atoms with E-state index in [9.17, 15) is 9.59 Å². The number of ether oxygens (including phenoxy) is 1. The first kappa shape index (κ1) is 11.6. The van der Waals surface area contributed by atoms with Gasteiger partial charge in [-0.25, -0.2) is 4.79 Å². The molecule has 4 heteroatoms. The lowest BCUT2D eigenvalue weighted by molar-refractivity contribution is 0.0526. The number of rotatable bonds is 2. The number of nitrogens with two attached hydrogens (primary N) is 1. The fourth-order valence-corrected chi connectivity index (χ4v) is 2.19. The van der Waals surface area contributed by atoms with Crippen molar-refractivity contribution < 1.29 is 14.3 Å².